The van der Waals surface area contributed by atoms with Crippen molar-refractivity contribution in [3.05, 3.63) is 35.9 Å². The van der Waals surface area contributed by atoms with Crippen LogP contribution in [0.25, 0.3) is 6.08 Å². The van der Waals surface area contributed by atoms with Gasteiger partial charge in [-0.15, -0.1) is 0 Å². The van der Waals surface area contributed by atoms with E-state index in [0.717, 1.165) is 11.1 Å². The molecule has 1 amide bonds. The van der Waals surface area contributed by atoms with E-state index in [1.54, 1.807) is 12.1 Å². The van der Waals surface area contributed by atoms with Crippen molar-refractivity contribution in [1.82, 2.24) is 0 Å². The molecule has 0 aromatic heterocycles. The molecule has 13 heavy (non-hydrogen) atoms. The van der Waals surface area contributed by atoms with E-state index in [-0.39, 0.29) is 0 Å². The molecule has 1 aromatic rings. The number of amides is 1. The number of rotatable bonds is 2. The summed E-state index contributed by atoms with van der Waals surface area (Å²) >= 11 is 0. The minimum atomic E-state index is -1.06. The molecular weight excluding hydrogens is 166 g/mol. The fourth-order valence-electron chi connectivity index (χ4n) is 1.08. The smallest absolute Gasteiger partial charge is 0.409 e. The highest BCUT2D eigenvalue weighted by molar-refractivity contribution is 5.86. The van der Waals surface area contributed by atoms with E-state index in [1.165, 1.54) is 0 Å². The Morgan fingerprint density at radius 1 is 1.62 bits per heavy atom. The van der Waals surface area contributed by atoms with E-state index in [2.05, 4.69) is 11.9 Å². The second-order valence-electron chi connectivity index (χ2n) is 2.72. The zero-order valence-electron chi connectivity index (χ0n) is 7.37. The molecule has 0 bridgehead atoms. The van der Waals surface area contributed by atoms with Crippen LogP contribution in [0.5, 0.6) is 0 Å². The summed E-state index contributed by atoms with van der Waals surface area (Å²) in [6, 6.07) is 5.44. The SMILES string of the molecule is C=Cc1cc(C)ccc1NC(=O)O. The van der Waals surface area contributed by atoms with Gasteiger partial charge in [0.25, 0.3) is 0 Å². The fraction of sp³-hybridized carbons (Fsp3) is 0.100. The van der Waals surface area contributed by atoms with E-state index in [4.69, 9.17) is 5.11 Å². The van der Waals surface area contributed by atoms with Gasteiger partial charge >= 0.3 is 6.09 Å². The van der Waals surface area contributed by atoms with Crippen LogP contribution in [0.1, 0.15) is 11.1 Å². The van der Waals surface area contributed by atoms with Gasteiger partial charge in [-0.3, -0.25) is 5.32 Å². The van der Waals surface area contributed by atoms with Gasteiger partial charge < -0.3 is 5.11 Å². The Kier molecular flexibility index (Phi) is 2.69. The number of aryl methyl sites for hydroxylation is 1. The van der Waals surface area contributed by atoms with Crippen LogP contribution in [0.4, 0.5) is 10.5 Å². The van der Waals surface area contributed by atoms with E-state index in [9.17, 15) is 4.79 Å². The van der Waals surface area contributed by atoms with Crippen molar-refractivity contribution in [2.24, 2.45) is 0 Å². The second kappa shape index (κ2) is 3.76. The second-order valence-corrected chi connectivity index (χ2v) is 2.72. The first-order valence-electron chi connectivity index (χ1n) is 3.86. The molecule has 1 aromatic carbocycles. The molecule has 0 aliphatic heterocycles. The number of anilines is 1. The van der Waals surface area contributed by atoms with Crippen LogP contribution in [-0.4, -0.2) is 11.2 Å². The first-order valence-corrected chi connectivity index (χ1v) is 3.86. The van der Waals surface area contributed by atoms with Crippen molar-refractivity contribution in [3.63, 3.8) is 0 Å². The number of carboxylic acid groups (broad SMARTS) is 1. The maximum atomic E-state index is 10.4. The monoisotopic (exact) mass is 177 g/mol. The maximum Gasteiger partial charge on any atom is 0.409 e. The Morgan fingerprint density at radius 2 is 2.31 bits per heavy atom. The molecule has 68 valence electrons. The molecule has 3 heteroatoms. The Hall–Kier alpha value is -1.77. The third-order valence-electron chi connectivity index (χ3n) is 1.67. The van der Waals surface area contributed by atoms with Gasteiger partial charge in [0.15, 0.2) is 0 Å². The molecule has 2 N–H and O–H groups in total. The van der Waals surface area contributed by atoms with Crippen LogP contribution < -0.4 is 5.32 Å². The lowest BCUT2D eigenvalue weighted by Gasteiger charge is -2.05. The van der Waals surface area contributed by atoms with Crippen molar-refractivity contribution in [3.8, 4) is 0 Å². The van der Waals surface area contributed by atoms with Crippen LogP contribution in [0, 0.1) is 6.92 Å². The maximum absolute atomic E-state index is 10.4. The van der Waals surface area contributed by atoms with Crippen molar-refractivity contribution >= 4 is 17.9 Å². The zero-order valence-corrected chi connectivity index (χ0v) is 7.37. The summed E-state index contributed by atoms with van der Waals surface area (Å²) in [4.78, 5) is 10.4. The summed E-state index contributed by atoms with van der Waals surface area (Å²) in [5.74, 6) is 0. The quantitative estimate of drug-likeness (QED) is 0.729. The summed E-state index contributed by atoms with van der Waals surface area (Å²) in [7, 11) is 0. The average molecular weight is 177 g/mol. The Morgan fingerprint density at radius 3 is 2.85 bits per heavy atom. The van der Waals surface area contributed by atoms with Gasteiger partial charge in [0.05, 0.1) is 5.69 Å². The first kappa shape index (κ1) is 9.32. The fourth-order valence-corrected chi connectivity index (χ4v) is 1.08. The van der Waals surface area contributed by atoms with E-state index >= 15 is 0 Å². The highest BCUT2D eigenvalue weighted by atomic mass is 16.4. The molecule has 0 fully saturated rings. The van der Waals surface area contributed by atoms with Crippen LogP contribution in [0.2, 0.25) is 0 Å². The molecule has 0 saturated carbocycles. The van der Waals surface area contributed by atoms with Crippen LogP contribution in [0.15, 0.2) is 24.8 Å². The molecule has 0 aliphatic rings. The average Bonchev–Trinajstić information content (AvgIpc) is 2.07. The van der Waals surface area contributed by atoms with Gasteiger partial charge in [0.1, 0.15) is 0 Å². The minimum Gasteiger partial charge on any atom is -0.465 e. The Labute approximate surface area is 76.7 Å². The summed E-state index contributed by atoms with van der Waals surface area (Å²) in [6.45, 7) is 5.55. The van der Waals surface area contributed by atoms with E-state index in [0.29, 0.717) is 5.69 Å². The Bertz CT molecular complexity index is 345. The number of hydrogen-bond acceptors (Lipinski definition) is 1. The van der Waals surface area contributed by atoms with Crippen molar-refractivity contribution < 1.29 is 9.90 Å². The Balaban J connectivity index is 3.05. The summed E-state index contributed by atoms with van der Waals surface area (Å²) in [6.07, 6.45) is 0.560. The molecule has 0 saturated heterocycles. The van der Waals surface area contributed by atoms with Gasteiger partial charge in [-0.2, -0.15) is 0 Å². The van der Waals surface area contributed by atoms with Gasteiger partial charge in [-0.05, 0) is 24.6 Å². The van der Waals surface area contributed by atoms with Gasteiger partial charge in [-0.1, -0.05) is 24.3 Å². The summed E-state index contributed by atoms with van der Waals surface area (Å²) in [5.41, 5.74) is 2.43. The van der Waals surface area contributed by atoms with Crippen LogP contribution in [0.3, 0.4) is 0 Å². The highest BCUT2D eigenvalue weighted by Crippen LogP contribution is 2.18. The largest absolute Gasteiger partial charge is 0.465 e. The topological polar surface area (TPSA) is 49.3 Å². The van der Waals surface area contributed by atoms with Crippen molar-refractivity contribution in [2.45, 2.75) is 6.92 Å². The highest BCUT2D eigenvalue weighted by Gasteiger charge is 2.01. The molecule has 0 aliphatic carbocycles. The zero-order chi connectivity index (χ0) is 9.84. The predicted octanol–water partition coefficient (Wildman–Crippen LogP) is 2.73. The number of nitrogens with one attached hydrogen (secondary N) is 1. The van der Waals surface area contributed by atoms with Gasteiger partial charge in [0, 0.05) is 0 Å². The molecular formula is C10H11NO2. The van der Waals surface area contributed by atoms with Crippen LogP contribution >= 0.6 is 0 Å². The molecule has 3 nitrogen and oxygen atoms in total. The first-order chi connectivity index (χ1) is 6.13. The van der Waals surface area contributed by atoms with Gasteiger partial charge in [-0.25, -0.2) is 4.79 Å². The van der Waals surface area contributed by atoms with E-state index < -0.39 is 6.09 Å². The van der Waals surface area contributed by atoms with Crippen molar-refractivity contribution in [1.29, 1.82) is 0 Å². The van der Waals surface area contributed by atoms with Gasteiger partial charge in [0.2, 0.25) is 0 Å². The third-order valence-corrected chi connectivity index (χ3v) is 1.67. The van der Waals surface area contributed by atoms with Crippen molar-refractivity contribution in [2.75, 3.05) is 5.32 Å². The lowest BCUT2D eigenvalue weighted by atomic mass is 10.1. The molecule has 0 unspecified atom stereocenters. The lowest BCUT2D eigenvalue weighted by Crippen LogP contribution is -2.08. The predicted molar refractivity (Wildman–Crippen MR) is 52.9 cm³/mol. The number of carbonyl (C=O) groups is 1. The molecule has 0 radical (unpaired) electrons. The number of benzene rings is 1. The molecule has 0 heterocycles. The normalized spacial score (nSPS) is 9.31. The standard InChI is InChI=1S/C10H11NO2/c1-3-8-6-7(2)4-5-9(8)11-10(12)13/h3-6,11H,1H2,2H3,(H,12,13). The molecule has 0 spiro atoms. The minimum absolute atomic E-state index is 0.563. The molecule has 1 rings (SSSR count). The lowest BCUT2D eigenvalue weighted by molar-refractivity contribution is 0.209. The third kappa shape index (κ3) is 2.33. The molecule has 0 atom stereocenters. The summed E-state index contributed by atoms with van der Waals surface area (Å²) in [5, 5.41) is 10.8. The summed E-state index contributed by atoms with van der Waals surface area (Å²) < 4.78 is 0. The number of hydrogen-bond donors (Lipinski definition) is 2. The van der Waals surface area contributed by atoms with E-state index in [1.807, 2.05) is 19.1 Å². The van der Waals surface area contributed by atoms with Crippen LogP contribution in [-0.2, 0) is 0 Å².